The number of nitrogens with one attached hydrogen (secondary N) is 1. The predicted octanol–water partition coefficient (Wildman–Crippen LogP) is 1.98. The molecule has 1 fully saturated rings. The molecular formula is C23H28FN6O2S+. The quantitative estimate of drug-likeness (QED) is 0.575. The number of H-pyrrole nitrogens is 1. The van der Waals surface area contributed by atoms with Gasteiger partial charge in [0.05, 0.1) is 6.42 Å². The molecule has 0 aliphatic carbocycles. The lowest BCUT2D eigenvalue weighted by Crippen LogP contribution is -2.47. The molecule has 2 aliphatic rings. The molecule has 5 rings (SSSR count). The molecule has 0 saturated carbocycles. The maximum absolute atomic E-state index is 14.6. The highest BCUT2D eigenvalue weighted by molar-refractivity contribution is 7.88. The number of fused-ring (bicyclic) bond motifs is 2. The monoisotopic (exact) mass is 471 g/mol. The largest absolute Gasteiger partial charge is 0.382 e. The van der Waals surface area contributed by atoms with Gasteiger partial charge in [-0.05, 0) is 79.3 Å². The van der Waals surface area contributed by atoms with Crippen LogP contribution in [0, 0.1) is 11.7 Å². The number of aromatic amines is 1. The van der Waals surface area contributed by atoms with E-state index in [0.717, 1.165) is 35.2 Å². The van der Waals surface area contributed by atoms with Crippen LogP contribution in [0.25, 0.3) is 11.1 Å². The first-order valence-corrected chi connectivity index (χ1v) is 12.6. The third kappa shape index (κ3) is 3.96. The highest BCUT2D eigenvalue weighted by Crippen LogP contribution is 2.34. The lowest BCUT2D eigenvalue weighted by atomic mass is 9.88. The first kappa shape index (κ1) is 22.1. The Balaban J connectivity index is 1.49. The summed E-state index contributed by atoms with van der Waals surface area (Å²) >= 11 is 0. The Kier molecular flexibility index (Phi) is 5.54. The molecule has 10 heteroatoms. The van der Waals surface area contributed by atoms with E-state index >= 15 is 0 Å². The summed E-state index contributed by atoms with van der Waals surface area (Å²) in [5.41, 5.74) is 3.43. The van der Waals surface area contributed by atoms with E-state index in [1.165, 1.54) is 16.4 Å². The Morgan fingerprint density at radius 2 is 2.03 bits per heavy atom. The third-order valence-electron chi connectivity index (χ3n) is 6.59. The zero-order valence-corrected chi connectivity index (χ0v) is 19.8. The molecule has 0 amide bonds. The van der Waals surface area contributed by atoms with E-state index in [4.69, 9.17) is 0 Å². The summed E-state index contributed by atoms with van der Waals surface area (Å²) in [7, 11) is 0.255. The molecule has 1 aromatic carbocycles. The number of hydrogen-bond donors (Lipinski definition) is 1. The average Bonchev–Trinajstić information content (AvgIpc) is 3.42. The van der Waals surface area contributed by atoms with Gasteiger partial charge in [-0.3, -0.25) is 4.98 Å². The molecule has 2 atom stereocenters. The molecular weight excluding hydrogens is 443 g/mol. The van der Waals surface area contributed by atoms with Gasteiger partial charge in [-0.25, -0.2) is 12.8 Å². The van der Waals surface area contributed by atoms with Gasteiger partial charge in [0, 0.05) is 37.6 Å². The van der Waals surface area contributed by atoms with E-state index in [9.17, 15) is 12.8 Å². The second-order valence-corrected chi connectivity index (χ2v) is 11.1. The SMILES string of the molecule is CC1c2cc(F)cc(-c3ccncc3)c2Cc2nc(S(=O)(=O)N3CCC(CN(C)C)C3)[nH][n+]21. The highest BCUT2D eigenvalue weighted by Gasteiger charge is 2.42. The van der Waals surface area contributed by atoms with Gasteiger partial charge in [0.1, 0.15) is 11.9 Å². The number of aromatic nitrogens is 4. The number of nitrogens with zero attached hydrogens (tertiary/aromatic N) is 5. The summed E-state index contributed by atoms with van der Waals surface area (Å²) < 4.78 is 44.5. The molecule has 4 heterocycles. The number of benzene rings is 1. The van der Waals surface area contributed by atoms with E-state index in [-0.39, 0.29) is 17.0 Å². The number of sulfonamides is 1. The van der Waals surface area contributed by atoms with Gasteiger partial charge in [-0.15, -0.1) is 4.68 Å². The van der Waals surface area contributed by atoms with Gasteiger partial charge in [0.2, 0.25) is 0 Å². The lowest BCUT2D eigenvalue weighted by molar-refractivity contribution is -0.773. The zero-order chi connectivity index (χ0) is 23.3. The van der Waals surface area contributed by atoms with Crippen LogP contribution in [0.3, 0.4) is 0 Å². The van der Waals surface area contributed by atoms with Crippen molar-refractivity contribution in [2.24, 2.45) is 5.92 Å². The fraction of sp³-hybridized carbons (Fsp3) is 0.435. The molecule has 8 nitrogen and oxygen atoms in total. The maximum atomic E-state index is 14.6. The Bertz CT molecular complexity index is 1290. The molecule has 2 aliphatic heterocycles. The Morgan fingerprint density at radius 3 is 2.76 bits per heavy atom. The Morgan fingerprint density at radius 1 is 1.27 bits per heavy atom. The van der Waals surface area contributed by atoms with Crippen LogP contribution in [0.1, 0.15) is 36.3 Å². The summed E-state index contributed by atoms with van der Waals surface area (Å²) in [5, 5.41) is 2.96. The maximum Gasteiger partial charge on any atom is 0.382 e. The van der Waals surface area contributed by atoms with E-state index in [0.29, 0.717) is 31.3 Å². The minimum Gasteiger partial charge on any atom is -0.309 e. The van der Waals surface area contributed by atoms with Gasteiger partial charge in [-0.2, -0.15) is 9.40 Å². The fourth-order valence-corrected chi connectivity index (χ4v) is 6.47. The van der Waals surface area contributed by atoms with Crippen LogP contribution < -0.4 is 4.68 Å². The van der Waals surface area contributed by atoms with E-state index in [1.54, 1.807) is 17.1 Å². The summed E-state index contributed by atoms with van der Waals surface area (Å²) in [6.45, 7) is 3.76. The smallest absolute Gasteiger partial charge is 0.309 e. The zero-order valence-electron chi connectivity index (χ0n) is 19.0. The lowest BCUT2D eigenvalue weighted by Gasteiger charge is -2.21. The van der Waals surface area contributed by atoms with Crippen LogP contribution in [0.5, 0.6) is 0 Å². The van der Waals surface area contributed by atoms with Crippen LogP contribution in [0.15, 0.2) is 41.8 Å². The van der Waals surface area contributed by atoms with Crippen molar-refractivity contribution in [2.75, 3.05) is 33.7 Å². The first-order chi connectivity index (χ1) is 15.7. The number of halogens is 1. The molecule has 2 aromatic heterocycles. The van der Waals surface area contributed by atoms with Crippen molar-refractivity contribution in [3.63, 3.8) is 0 Å². The second-order valence-electron chi connectivity index (χ2n) is 9.20. The van der Waals surface area contributed by atoms with Crippen LogP contribution in [-0.2, 0) is 16.4 Å². The van der Waals surface area contributed by atoms with Crippen LogP contribution in [0.2, 0.25) is 0 Å². The molecule has 174 valence electrons. The Hall–Kier alpha value is -2.69. The van der Waals surface area contributed by atoms with Crippen molar-refractivity contribution in [3.8, 4) is 11.1 Å². The first-order valence-electron chi connectivity index (χ1n) is 11.1. The average molecular weight is 472 g/mol. The summed E-state index contributed by atoms with van der Waals surface area (Å²) in [6, 6.07) is 6.47. The topological polar surface area (TPSA) is 86.1 Å². The van der Waals surface area contributed by atoms with Crippen molar-refractivity contribution >= 4 is 10.0 Å². The van der Waals surface area contributed by atoms with E-state index in [2.05, 4.69) is 20.0 Å². The van der Waals surface area contributed by atoms with Crippen molar-refractivity contribution in [1.29, 1.82) is 0 Å². The fourth-order valence-electron chi connectivity index (χ4n) is 5.04. The predicted molar refractivity (Wildman–Crippen MR) is 120 cm³/mol. The van der Waals surface area contributed by atoms with Crippen molar-refractivity contribution in [1.82, 2.24) is 24.3 Å². The minimum atomic E-state index is -3.74. The summed E-state index contributed by atoms with van der Waals surface area (Å²) in [4.78, 5) is 10.7. The van der Waals surface area contributed by atoms with Gasteiger partial charge in [0.25, 0.3) is 0 Å². The number of rotatable bonds is 5. The van der Waals surface area contributed by atoms with Crippen LogP contribution in [-0.4, -0.2) is 66.4 Å². The molecule has 3 aromatic rings. The Labute approximate surface area is 193 Å². The van der Waals surface area contributed by atoms with Gasteiger partial charge in [-0.1, -0.05) is 0 Å². The second kappa shape index (κ2) is 8.27. The standard InChI is InChI=1S/C23H27FN6O2S/c1-15-19-10-18(24)11-20(17-4-7-25-8-5-17)21(19)12-22-26-23(27-30(15)22)33(31,32)29-9-6-16(14-29)13-28(2)3/h4-5,7-8,10-11,15-16H,6,9,12-14H2,1-3H3/p+1. The van der Waals surface area contributed by atoms with Crippen molar-refractivity contribution < 1.29 is 17.5 Å². The highest BCUT2D eigenvalue weighted by atomic mass is 32.2. The summed E-state index contributed by atoms with van der Waals surface area (Å²) in [5.74, 6) is 0.605. The van der Waals surface area contributed by atoms with E-state index < -0.39 is 10.0 Å². The molecule has 1 saturated heterocycles. The minimum absolute atomic E-state index is 0.0476. The molecule has 1 N–H and O–H groups in total. The van der Waals surface area contributed by atoms with Crippen molar-refractivity contribution in [2.45, 2.75) is 31.0 Å². The molecule has 33 heavy (non-hydrogen) atoms. The summed E-state index contributed by atoms with van der Waals surface area (Å²) in [6.07, 6.45) is 4.60. The van der Waals surface area contributed by atoms with E-state index in [1.807, 2.05) is 33.2 Å². The number of pyridine rings is 1. The van der Waals surface area contributed by atoms with Gasteiger partial charge >= 0.3 is 21.0 Å². The molecule has 0 radical (unpaired) electrons. The number of hydrogen-bond acceptors (Lipinski definition) is 5. The molecule has 0 spiro atoms. The van der Waals surface area contributed by atoms with Crippen LogP contribution >= 0.6 is 0 Å². The van der Waals surface area contributed by atoms with Crippen LogP contribution in [0.4, 0.5) is 4.39 Å². The molecule has 2 unspecified atom stereocenters. The van der Waals surface area contributed by atoms with Crippen molar-refractivity contribution in [3.05, 3.63) is 59.4 Å². The third-order valence-corrected chi connectivity index (χ3v) is 8.28. The van der Waals surface area contributed by atoms with Gasteiger partial charge < -0.3 is 4.90 Å². The molecule has 0 bridgehead atoms. The van der Waals surface area contributed by atoms with Gasteiger partial charge in [0.15, 0.2) is 0 Å². The normalized spacial score (nSPS) is 20.8.